The second-order valence-corrected chi connectivity index (χ2v) is 5.25. The summed E-state index contributed by atoms with van der Waals surface area (Å²) >= 11 is 0. The number of benzene rings is 1. The van der Waals surface area contributed by atoms with Gasteiger partial charge in [0, 0.05) is 7.11 Å². The fourth-order valence-corrected chi connectivity index (χ4v) is 2.29. The highest BCUT2D eigenvalue weighted by molar-refractivity contribution is 5.23. The molecule has 1 aromatic carbocycles. The van der Waals surface area contributed by atoms with Crippen molar-refractivity contribution in [2.24, 2.45) is 0 Å². The van der Waals surface area contributed by atoms with Crippen molar-refractivity contribution >= 4 is 0 Å². The van der Waals surface area contributed by atoms with Gasteiger partial charge in [-0.2, -0.15) is 0 Å². The molecule has 1 rings (SSSR count). The summed E-state index contributed by atoms with van der Waals surface area (Å²) in [5.41, 5.74) is 2.17. The van der Waals surface area contributed by atoms with E-state index >= 15 is 0 Å². The Morgan fingerprint density at radius 2 is 1.63 bits per heavy atom. The molecule has 108 valence electrons. The molecule has 0 saturated heterocycles. The third kappa shape index (κ3) is 6.74. The molecule has 0 aliphatic carbocycles. The average molecular weight is 264 g/mol. The van der Waals surface area contributed by atoms with Gasteiger partial charge in [-0.05, 0) is 17.5 Å². The van der Waals surface area contributed by atoms with E-state index in [0.29, 0.717) is 6.61 Å². The number of aliphatic hydroxyl groups is 1. The third-order valence-electron chi connectivity index (χ3n) is 3.51. The van der Waals surface area contributed by atoms with E-state index in [1.807, 2.05) is 24.3 Å². The second-order valence-electron chi connectivity index (χ2n) is 5.25. The Labute approximate surface area is 117 Å². The topological polar surface area (TPSA) is 29.5 Å². The van der Waals surface area contributed by atoms with Crippen LogP contribution < -0.4 is 0 Å². The molecule has 0 radical (unpaired) electrons. The molecule has 0 amide bonds. The van der Waals surface area contributed by atoms with Crippen LogP contribution in [0.4, 0.5) is 0 Å². The molecule has 0 bridgehead atoms. The van der Waals surface area contributed by atoms with Gasteiger partial charge in [-0.25, -0.2) is 0 Å². The minimum atomic E-state index is -0.317. The number of unbranched alkanes of at least 4 members (excludes halogenated alkanes) is 5. The van der Waals surface area contributed by atoms with Crippen LogP contribution in [0.5, 0.6) is 0 Å². The molecule has 0 spiro atoms. The first-order valence-corrected chi connectivity index (χ1v) is 7.53. The van der Waals surface area contributed by atoms with Gasteiger partial charge in [-0.15, -0.1) is 0 Å². The SMILES string of the molecule is CCCCCCCCC(O)c1ccc(COC)cc1. The molecule has 1 aromatic rings. The van der Waals surface area contributed by atoms with Gasteiger partial charge in [0.15, 0.2) is 0 Å². The highest BCUT2D eigenvalue weighted by atomic mass is 16.5. The summed E-state index contributed by atoms with van der Waals surface area (Å²) in [5, 5.41) is 10.1. The van der Waals surface area contributed by atoms with Crippen molar-refractivity contribution in [3.8, 4) is 0 Å². The summed E-state index contributed by atoms with van der Waals surface area (Å²) in [6.07, 6.45) is 8.16. The van der Waals surface area contributed by atoms with Crippen molar-refractivity contribution in [1.82, 2.24) is 0 Å². The monoisotopic (exact) mass is 264 g/mol. The van der Waals surface area contributed by atoms with Gasteiger partial charge in [0.1, 0.15) is 0 Å². The predicted molar refractivity (Wildman–Crippen MR) is 80.1 cm³/mol. The molecule has 19 heavy (non-hydrogen) atoms. The lowest BCUT2D eigenvalue weighted by molar-refractivity contribution is 0.163. The van der Waals surface area contributed by atoms with Crippen LogP contribution in [0.15, 0.2) is 24.3 Å². The fourth-order valence-electron chi connectivity index (χ4n) is 2.29. The lowest BCUT2D eigenvalue weighted by atomic mass is 10.0. The Bertz CT molecular complexity index is 319. The van der Waals surface area contributed by atoms with E-state index in [1.54, 1.807) is 7.11 Å². The molecular weight excluding hydrogens is 236 g/mol. The lowest BCUT2D eigenvalue weighted by Gasteiger charge is -2.11. The standard InChI is InChI=1S/C17H28O2/c1-3-4-5-6-7-8-9-17(18)16-12-10-15(11-13-16)14-19-2/h10-13,17-18H,3-9,14H2,1-2H3. The molecule has 0 aliphatic heterocycles. The molecule has 0 aliphatic rings. The highest BCUT2D eigenvalue weighted by Crippen LogP contribution is 2.20. The van der Waals surface area contributed by atoms with Gasteiger partial charge in [0.2, 0.25) is 0 Å². The summed E-state index contributed by atoms with van der Waals surface area (Å²) < 4.78 is 5.08. The van der Waals surface area contributed by atoms with Crippen molar-refractivity contribution in [3.63, 3.8) is 0 Å². The molecular formula is C17H28O2. The minimum Gasteiger partial charge on any atom is -0.388 e. The smallest absolute Gasteiger partial charge is 0.0790 e. The van der Waals surface area contributed by atoms with E-state index in [9.17, 15) is 5.11 Å². The Balaban J connectivity index is 2.23. The number of hydrogen-bond acceptors (Lipinski definition) is 2. The van der Waals surface area contributed by atoms with Crippen molar-refractivity contribution in [2.75, 3.05) is 7.11 Å². The Morgan fingerprint density at radius 3 is 2.26 bits per heavy atom. The van der Waals surface area contributed by atoms with Crippen LogP contribution >= 0.6 is 0 Å². The first kappa shape index (κ1) is 16.2. The van der Waals surface area contributed by atoms with Crippen molar-refractivity contribution in [1.29, 1.82) is 0 Å². The molecule has 1 atom stereocenters. The van der Waals surface area contributed by atoms with Crippen molar-refractivity contribution < 1.29 is 9.84 Å². The molecule has 2 heteroatoms. The van der Waals surface area contributed by atoms with E-state index in [4.69, 9.17) is 4.74 Å². The summed E-state index contributed by atoms with van der Waals surface area (Å²) in [5.74, 6) is 0. The van der Waals surface area contributed by atoms with Crippen molar-refractivity contribution in [2.45, 2.75) is 64.6 Å². The second kappa shape index (κ2) is 9.99. The zero-order chi connectivity index (χ0) is 13.9. The van der Waals surface area contributed by atoms with Crippen LogP contribution in [-0.4, -0.2) is 12.2 Å². The van der Waals surface area contributed by atoms with Crippen LogP contribution in [-0.2, 0) is 11.3 Å². The first-order chi connectivity index (χ1) is 9.27. The van der Waals surface area contributed by atoms with Gasteiger partial charge in [-0.1, -0.05) is 69.7 Å². The number of hydrogen-bond donors (Lipinski definition) is 1. The van der Waals surface area contributed by atoms with Crippen LogP contribution in [0.2, 0.25) is 0 Å². The fraction of sp³-hybridized carbons (Fsp3) is 0.647. The number of aliphatic hydroxyl groups excluding tert-OH is 1. The van der Waals surface area contributed by atoms with E-state index in [-0.39, 0.29) is 6.10 Å². The molecule has 0 heterocycles. The maximum Gasteiger partial charge on any atom is 0.0790 e. The zero-order valence-electron chi connectivity index (χ0n) is 12.4. The molecule has 2 nitrogen and oxygen atoms in total. The quantitative estimate of drug-likeness (QED) is 0.625. The van der Waals surface area contributed by atoms with Crippen LogP contribution in [0.3, 0.4) is 0 Å². The van der Waals surface area contributed by atoms with Crippen LogP contribution in [0, 0.1) is 0 Å². The lowest BCUT2D eigenvalue weighted by Crippen LogP contribution is -1.98. The third-order valence-corrected chi connectivity index (χ3v) is 3.51. The van der Waals surface area contributed by atoms with Crippen LogP contribution in [0.1, 0.15) is 69.1 Å². The number of methoxy groups -OCH3 is 1. The Hall–Kier alpha value is -0.860. The number of rotatable bonds is 10. The summed E-state index contributed by atoms with van der Waals surface area (Å²) in [7, 11) is 1.70. The summed E-state index contributed by atoms with van der Waals surface area (Å²) in [6.45, 7) is 2.87. The van der Waals surface area contributed by atoms with E-state index < -0.39 is 0 Å². The predicted octanol–water partition coefficient (Wildman–Crippen LogP) is 4.62. The molecule has 0 fully saturated rings. The molecule has 0 saturated carbocycles. The summed E-state index contributed by atoms with van der Waals surface area (Å²) in [4.78, 5) is 0. The Kier molecular flexibility index (Phi) is 8.52. The van der Waals surface area contributed by atoms with E-state index in [1.165, 1.54) is 32.1 Å². The maximum atomic E-state index is 10.1. The number of ether oxygens (including phenoxy) is 1. The van der Waals surface area contributed by atoms with Crippen LogP contribution in [0.25, 0.3) is 0 Å². The highest BCUT2D eigenvalue weighted by Gasteiger charge is 2.06. The van der Waals surface area contributed by atoms with Crippen molar-refractivity contribution in [3.05, 3.63) is 35.4 Å². The first-order valence-electron chi connectivity index (χ1n) is 7.53. The normalized spacial score (nSPS) is 12.6. The zero-order valence-corrected chi connectivity index (χ0v) is 12.4. The minimum absolute atomic E-state index is 0.317. The maximum absolute atomic E-state index is 10.1. The summed E-state index contributed by atoms with van der Waals surface area (Å²) in [6, 6.07) is 8.08. The largest absolute Gasteiger partial charge is 0.388 e. The molecule has 1 unspecified atom stereocenters. The van der Waals surface area contributed by atoms with E-state index in [2.05, 4.69) is 6.92 Å². The Morgan fingerprint density at radius 1 is 1.00 bits per heavy atom. The van der Waals surface area contributed by atoms with E-state index in [0.717, 1.165) is 24.0 Å². The average Bonchev–Trinajstić information content (AvgIpc) is 2.43. The van der Waals surface area contributed by atoms with Gasteiger partial charge in [-0.3, -0.25) is 0 Å². The van der Waals surface area contributed by atoms with Gasteiger partial charge in [0.25, 0.3) is 0 Å². The van der Waals surface area contributed by atoms with Gasteiger partial charge < -0.3 is 9.84 Å². The molecule has 0 aromatic heterocycles. The van der Waals surface area contributed by atoms with Gasteiger partial charge >= 0.3 is 0 Å². The molecule has 1 N–H and O–H groups in total. The van der Waals surface area contributed by atoms with Gasteiger partial charge in [0.05, 0.1) is 12.7 Å².